The molecular weight excluding hydrogens is 681 g/mol. The van der Waals surface area contributed by atoms with E-state index in [-0.39, 0.29) is 6.42 Å². The first-order chi connectivity index (χ1) is 25.2. The molecule has 0 amide bonds. The zero-order valence-corrected chi connectivity index (χ0v) is 34.4. The monoisotopic (exact) mass is 742 g/mol. The Balaban J connectivity index is 0.000000715. The van der Waals surface area contributed by atoms with Crippen molar-refractivity contribution < 1.29 is 19.7 Å². The standard InChI is InChI=1S/C38H46N4O3S.C4H10O.C2H6/c1-23(2)41-15-16-42-28(22-41)18-24(3)8-5-6-9-26-14-17-45-33-13-12-27(20-30(26)33)36-29(21-35(43)44)25(4)19-32-37(36)46-38(40-32)31-10-7-11-34(42)39-31;1-4(2,3)5;1-2/h7,10-13,19-20,23-24,26,28H,5-6,8-9,14-18,21-22H2,1-4H3,(H,43,44);5H,1-3H3;1-2H3. The summed E-state index contributed by atoms with van der Waals surface area (Å²) in [6.45, 7) is 22.1. The molecule has 8 nitrogen and oxygen atoms in total. The lowest BCUT2D eigenvalue weighted by atomic mass is 9.84. The second-order valence-corrected chi connectivity index (χ2v) is 17.2. The van der Waals surface area contributed by atoms with Crippen LogP contribution in [0, 0.1) is 12.8 Å². The second kappa shape index (κ2) is 17.7. The van der Waals surface area contributed by atoms with E-state index in [2.05, 4.69) is 73.0 Å². The number of aliphatic hydroxyl groups is 1. The highest BCUT2D eigenvalue weighted by molar-refractivity contribution is 7.22. The Hall–Kier alpha value is -3.53. The zero-order valence-electron chi connectivity index (χ0n) is 33.5. The van der Waals surface area contributed by atoms with E-state index in [4.69, 9.17) is 19.8 Å². The number of benzene rings is 2. The van der Waals surface area contributed by atoms with Crippen LogP contribution in [0.4, 0.5) is 5.82 Å². The number of hydrogen-bond donors (Lipinski definition) is 2. The fourth-order valence-electron chi connectivity index (χ4n) is 7.97. The highest BCUT2D eigenvalue weighted by atomic mass is 32.1. The third kappa shape index (κ3) is 10.2. The van der Waals surface area contributed by atoms with Crippen LogP contribution in [-0.2, 0) is 11.2 Å². The van der Waals surface area contributed by atoms with E-state index in [1.807, 2.05) is 20.8 Å². The number of rotatable bonds is 3. The van der Waals surface area contributed by atoms with Gasteiger partial charge >= 0.3 is 5.97 Å². The van der Waals surface area contributed by atoms with Gasteiger partial charge in [0.2, 0.25) is 0 Å². The van der Waals surface area contributed by atoms with Crippen molar-refractivity contribution in [3.8, 4) is 27.6 Å². The minimum absolute atomic E-state index is 0.0307. The van der Waals surface area contributed by atoms with E-state index in [1.165, 1.54) is 24.8 Å². The molecule has 2 N–H and O–H groups in total. The highest BCUT2D eigenvalue weighted by Gasteiger charge is 2.31. The van der Waals surface area contributed by atoms with E-state index >= 15 is 0 Å². The van der Waals surface area contributed by atoms with E-state index in [9.17, 15) is 9.90 Å². The van der Waals surface area contributed by atoms with Crippen molar-refractivity contribution in [3.63, 3.8) is 0 Å². The number of carbonyl (C=O) groups is 1. The summed E-state index contributed by atoms with van der Waals surface area (Å²) in [7, 11) is 0. The number of anilines is 1. The van der Waals surface area contributed by atoms with Gasteiger partial charge in [-0.1, -0.05) is 52.2 Å². The predicted octanol–water partition coefficient (Wildman–Crippen LogP) is 10.1. The van der Waals surface area contributed by atoms with E-state index in [0.29, 0.717) is 23.9 Å². The van der Waals surface area contributed by atoms with Crippen molar-refractivity contribution in [3.05, 3.63) is 59.2 Å². The quantitative estimate of drug-likeness (QED) is 0.214. The number of aromatic nitrogens is 2. The Morgan fingerprint density at radius 1 is 1.04 bits per heavy atom. The van der Waals surface area contributed by atoms with Gasteiger partial charge in [0.25, 0.3) is 0 Å². The number of carboxylic acids is 1. The molecule has 6 bridgehead atoms. The zero-order chi connectivity index (χ0) is 38.4. The first kappa shape index (κ1) is 40.7. The first-order valence-corrected chi connectivity index (χ1v) is 20.7. The van der Waals surface area contributed by atoms with Crippen LogP contribution < -0.4 is 9.64 Å². The number of hydrogen-bond acceptors (Lipinski definition) is 8. The summed E-state index contributed by atoms with van der Waals surface area (Å²) >= 11 is 1.63. The van der Waals surface area contributed by atoms with Crippen molar-refractivity contribution in [1.29, 1.82) is 0 Å². The van der Waals surface area contributed by atoms with Gasteiger partial charge in [0.1, 0.15) is 22.3 Å². The van der Waals surface area contributed by atoms with Crippen molar-refractivity contribution >= 4 is 33.3 Å². The Bertz CT molecular complexity index is 1840. The third-order valence-electron chi connectivity index (χ3n) is 10.5. The number of pyridine rings is 1. The number of carboxylic acid groups (broad SMARTS) is 1. The summed E-state index contributed by atoms with van der Waals surface area (Å²) in [6, 6.07) is 15.8. The van der Waals surface area contributed by atoms with Crippen LogP contribution in [0.1, 0.15) is 117 Å². The van der Waals surface area contributed by atoms with Crippen LogP contribution in [0.25, 0.3) is 32.0 Å². The lowest BCUT2D eigenvalue weighted by Gasteiger charge is -2.44. The average Bonchev–Trinajstić information content (AvgIpc) is 3.53. The fraction of sp³-hybridized carbons (Fsp3) is 0.568. The van der Waals surface area contributed by atoms with Crippen LogP contribution in [0.5, 0.6) is 5.75 Å². The molecule has 0 spiro atoms. The number of aliphatic carboxylic acids is 1. The Labute approximate surface area is 321 Å². The molecule has 5 heterocycles. The van der Waals surface area contributed by atoms with Gasteiger partial charge in [-0.05, 0) is 125 Å². The number of fused-ring (bicyclic) bond motifs is 8. The smallest absolute Gasteiger partial charge is 0.307 e. The number of aryl methyl sites for hydroxylation is 1. The van der Waals surface area contributed by atoms with Crippen LogP contribution in [0.15, 0.2) is 42.5 Å². The summed E-state index contributed by atoms with van der Waals surface area (Å²) in [6.07, 6.45) is 6.96. The summed E-state index contributed by atoms with van der Waals surface area (Å²) in [5.41, 5.74) is 6.38. The maximum atomic E-state index is 12.1. The van der Waals surface area contributed by atoms with Gasteiger partial charge in [0, 0.05) is 37.3 Å². The van der Waals surface area contributed by atoms with Crippen molar-refractivity contribution in [2.24, 2.45) is 5.92 Å². The molecule has 0 radical (unpaired) electrons. The van der Waals surface area contributed by atoms with Crippen LogP contribution in [-0.4, -0.2) is 75.0 Å². The van der Waals surface area contributed by atoms with Crippen molar-refractivity contribution in [2.75, 3.05) is 31.1 Å². The molecule has 0 aliphatic carbocycles. The minimum atomic E-state index is -0.825. The molecule has 0 saturated carbocycles. The second-order valence-electron chi connectivity index (χ2n) is 16.2. The molecular formula is C44H62N4O4S. The molecule has 288 valence electrons. The molecule has 2 aromatic carbocycles. The summed E-state index contributed by atoms with van der Waals surface area (Å²) < 4.78 is 7.17. The molecule has 3 aliphatic heterocycles. The summed E-state index contributed by atoms with van der Waals surface area (Å²) in [5, 5.41) is 19.4. The van der Waals surface area contributed by atoms with Gasteiger partial charge in [-0.15, -0.1) is 11.3 Å². The van der Waals surface area contributed by atoms with Gasteiger partial charge in [-0.2, -0.15) is 0 Å². The van der Waals surface area contributed by atoms with E-state index in [1.54, 1.807) is 32.1 Å². The molecule has 3 atom stereocenters. The lowest BCUT2D eigenvalue weighted by molar-refractivity contribution is -0.136. The van der Waals surface area contributed by atoms with E-state index in [0.717, 1.165) is 100 Å². The summed E-state index contributed by atoms with van der Waals surface area (Å²) in [4.78, 5) is 27.7. The predicted molar refractivity (Wildman–Crippen MR) is 221 cm³/mol. The minimum Gasteiger partial charge on any atom is -0.493 e. The molecule has 7 rings (SSSR count). The number of thiazole rings is 1. The molecule has 9 heteroatoms. The van der Waals surface area contributed by atoms with E-state index < -0.39 is 11.6 Å². The molecule has 53 heavy (non-hydrogen) atoms. The molecule has 2 aromatic heterocycles. The first-order valence-electron chi connectivity index (χ1n) is 19.9. The average molecular weight is 743 g/mol. The molecule has 3 aliphatic rings. The van der Waals surface area contributed by atoms with Crippen molar-refractivity contribution in [2.45, 2.75) is 131 Å². The topological polar surface area (TPSA) is 99.0 Å². The van der Waals surface area contributed by atoms with Gasteiger partial charge < -0.3 is 19.8 Å². The van der Waals surface area contributed by atoms with Crippen LogP contribution in [0.3, 0.4) is 0 Å². The molecule has 1 fully saturated rings. The Kier molecular flexibility index (Phi) is 13.6. The SMILES string of the molecule is CC.CC(C)(C)O.Cc1cc2nc3sc2c(c1CC(=O)O)-c1ccc2c(c1)C(CCCCC(C)CC1CN(C(C)C)CCN1c1cccc-3n1)CCO2. The summed E-state index contributed by atoms with van der Waals surface area (Å²) in [5.74, 6) is 2.26. The van der Waals surface area contributed by atoms with Gasteiger partial charge in [0.05, 0.1) is 28.8 Å². The Morgan fingerprint density at radius 3 is 2.49 bits per heavy atom. The van der Waals surface area contributed by atoms with Crippen LogP contribution >= 0.6 is 11.3 Å². The third-order valence-corrected chi connectivity index (χ3v) is 11.6. The Morgan fingerprint density at radius 2 is 1.77 bits per heavy atom. The fourth-order valence-corrected chi connectivity index (χ4v) is 9.08. The largest absolute Gasteiger partial charge is 0.493 e. The normalized spacial score (nSPS) is 20.5. The highest BCUT2D eigenvalue weighted by Crippen LogP contribution is 2.45. The van der Waals surface area contributed by atoms with Gasteiger partial charge in [-0.25, -0.2) is 9.97 Å². The number of ether oxygens (including phenoxy) is 1. The molecule has 1 saturated heterocycles. The number of piperazine rings is 1. The molecule has 4 aromatic rings. The maximum Gasteiger partial charge on any atom is 0.307 e. The van der Waals surface area contributed by atoms with Crippen molar-refractivity contribution in [1.82, 2.24) is 14.9 Å². The van der Waals surface area contributed by atoms with Crippen LogP contribution in [0.2, 0.25) is 0 Å². The lowest BCUT2D eigenvalue weighted by Crippen LogP contribution is -2.55. The molecule has 3 unspecified atom stereocenters. The van der Waals surface area contributed by atoms with Gasteiger partial charge in [-0.3, -0.25) is 9.69 Å². The number of nitrogens with zero attached hydrogens (tertiary/aromatic N) is 4. The maximum absolute atomic E-state index is 12.1. The van der Waals surface area contributed by atoms with Gasteiger partial charge in [0.15, 0.2) is 0 Å².